The van der Waals surface area contributed by atoms with Crippen LogP contribution in [0.3, 0.4) is 0 Å². The summed E-state index contributed by atoms with van der Waals surface area (Å²) in [5, 5.41) is 3.40. The zero-order valence-corrected chi connectivity index (χ0v) is 11.5. The van der Waals surface area contributed by atoms with E-state index in [9.17, 15) is 0 Å². The molecular formula is C12H14IN3. The van der Waals surface area contributed by atoms with Crippen LogP contribution in [0.15, 0.2) is 24.4 Å². The van der Waals surface area contributed by atoms with Crippen LogP contribution >= 0.6 is 22.6 Å². The van der Waals surface area contributed by atoms with Gasteiger partial charge in [-0.05, 0) is 60.2 Å². The molecule has 1 aromatic carbocycles. The van der Waals surface area contributed by atoms with E-state index in [0.29, 0.717) is 0 Å². The van der Waals surface area contributed by atoms with Crippen LogP contribution in [0.1, 0.15) is 17.1 Å². The third kappa shape index (κ3) is 2.75. The highest BCUT2D eigenvalue weighted by molar-refractivity contribution is 14.1. The monoisotopic (exact) mass is 327 g/mol. The van der Waals surface area contributed by atoms with Gasteiger partial charge in [0, 0.05) is 9.26 Å². The van der Waals surface area contributed by atoms with Gasteiger partial charge < -0.3 is 10.3 Å². The molecule has 4 heteroatoms. The molecule has 0 spiro atoms. The minimum absolute atomic E-state index is 0.780. The van der Waals surface area contributed by atoms with Crippen molar-refractivity contribution < 1.29 is 0 Å². The van der Waals surface area contributed by atoms with Gasteiger partial charge in [-0.2, -0.15) is 0 Å². The first kappa shape index (κ1) is 11.4. The number of hydrogen-bond acceptors (Lipinski definition) is 2. The summed E-state index contributed by atoms with van der Waals surface area (Å²) in [6, 6.07) is 6.38. The third-order valence-corrected chi connectivity index (χ3v) is 3.08. The molecule has 0 atom stereocenters. The number of halogens is 1. The van der Waals surface area contributed by atoms with Crippen LogP contribution in [0.2, 0.25) is 0 Å². The summed E-state index contributed by atoms with van der Waals surface area (Å²) in [4.78, 5) is 7.37. The summed E-state index contributed by atoms with van der Waals surface area (Å²) >= 11 is 2.32. The van der Waals surface area contributed by atoms with Crippen LogP contribution in [0.4, 0.5) is 5.69 Å². The number of hydrogen-bond donors (Lipinski definition) is 2. The number of anilines is 1. The van der Waals surface area contributed by atoms with Crippen molar-refractivity contribution in [3.05, 3.63) is 45.0 Å². The molecule has 1 aromatic heterocycles. The average molecular weight is 327 g/mol. The zero-order valence-electron chi connectivity index (χ0n) is 9.34. The normalized spacial score (nSPS) is 10.4. The Morgan fingerprint density at radius 1 is 1.38 bits per heavy atom. The number of nitrogens with one attached hydrogen (secondary N) is 2. The van der Waals surface area contributed by atoms with Crippen LogP contribution in [-0.4, -0.2) is 9.97 Å². The van der Waals surface area contributed by atoms with Crippen molar-refractivity contribution in [2.75, 3.05) is 5.32 Å². The topological polar surface area (TPSA) is 40.7 Å². The maximum atomic E-state index is 4.17. The highest BCUT2D eigenvalue weighted by Crippen LogP contribution is 2.18. The molecule has 0 aliphatic carbocycles. The molecule has 1 heterocycles. The van der Waals surface area contributed by atoms with E-state index in [1.165, 1.54) is 14.8 Å². The molecule has 16 heavy (non-hydrogen) atoms. The quantitative estimate of drug-likeness (QED) is 0.850. The molecule has 2 rings (SSSR count). The first-order valence-corrected chi connectivity index (χ1v) is 6.23. The number of benzene rings is 1. The molecule has 2 aromatic rings. The first-order valence-electron chi connectivity index (χ1n) is 5.15. The van der Waals surface area contributed by atoms with E-state index in [0.717, 1.165) is 18.1 Å². The van der Waals surface area contributed by atoms with Crippen LogP contribution in [0, 0.1) is 17.4 Å². The number of H-pyrrole nitrogens is 1. The Bertz CT molecular complexity index is 491. The molecule has 0 amide bonds. The van der Waals surface area contributed by atoms with Gasteiger partial charge >= 0.3 is 0 Å². The molecule has 0 bridgehead atoms. The largest absolute Gasteiger partial charge is 0.379 e. The van der Waals surface area contributed by atoms with Gasteiger partial charge in [0.05, 0.1) is 18.4 Å². The molecule has 0 saturated heterocycles. The summed E-state index contributed by atoms with van der Waals surface area (Å²) < 4.78 is 1.26. The second-order valence-electron chi connectivity index (χ2n) is 3.81. The second-order valence-corrected chi connectivity index (χ2v) is 5.05. The van der Waals surface area contributed by atoms with Crippen molar-refractivity contribution in [2.45, 2.75) is 20.4 Å². The SMILES string of the molecule is Cc1ncc(CNc2ccc(I)cc2C)[nH]1. The maximum Gasteiger partial charge on any atom is 0.103 e. The lowest BCUT2D eigenvalue weighted by molar-refractivity contribution is 1.04. The van der Waals surface area contributed by atoms with E-state index in [-0.39, 0.29) is 0 Å². The Hall–Kier alpha value is -1.04. The first-order chi connectivity index (χ1) is 7.65. The van der Waals surface area contributed by atoms with Crippen molar-refractivity contribution >= 4 is 28.3 Å². The number of aryl methyl sites for hydroxylation is 2. The molecule has 0 fully saturated rings. The van der Waals surface area contributed by atoms with Crippen molar-refractivity contribution in [3.63, 3.8) is 0 Å². The van der Waals surface area contributed by atoms with Gasteiger partial charge in [-0.3, -0.25) is 0 Å². The number of nitrogens with zero attached hydrogens (tertiary/aromatic N) is 1. The summed E-state index contributed by atoms with van der Waals surface area (Å²) in [7, 11) is 0. The van der Waals surface area contributed by atoms with Gasteiger partial charge in [0.15, 0.2) is 0 Å². The summed E-state index contributed by atoms with van der Waals surface area (Å²) in [5.74, 6) is 0.955. The van der Waals surface area contributed by atoms with Gasteiger partial charge in [-0.25, -0.2) is 4.98 Å². The smallest absolute Gasteiger partial charge is 0.103 e. The predicted molar refractivity (Wildman–Crippen MR) is 74.5 cm³/mol. The summed E-state index contributed by atoms with van der Waals surface area (Å²) in [6.07, 6.45) is 1.87. The fourth-order valence-electron chi connectivity index (χ4n) is 1.58. The van der Waals surface area contributed by atoms with E-state index >= 15 is 0 Å². The van der Waals surface area contributed by atoms with Gasteiger partial charge in [0.1, 0.15) is 5.82 Å². The Labute approximate surface area is 109 Å². The lowest BCUT2D eigenvalue weighted by Crippen LogP contribution is -2.01. The minimum atomic E-state index is 0.780. The molecule has 0 radical (unpaired) electrons. The number of aromatic amines is 1. The zero-order chi connectivity index (χ0) is 11.5. The Kier molecular flexibility index (Phi) is 3.48. The number of imidazole rings is 1. The van der Waals surface area contributed by atoms with Crippen molar-refractivity contribution in [3.8, 4) is 0 Å². The van der Waals surface area contributed by atoms with Gasteiger partial charge in [0.25, 0.3) is 0 Å². The summed E-state index contributed by atoms with van der Waals surface area (Å²) in [5.41, 5.74) is 3.55. The second kappa shape index (κ2) is 4.86. The van der Waals surface area contributed by atoms with E-state index in [1.54, 1.807) is 0 Å². The fraction of sp³-hybridized carbons (Fsp3) is 0.250. The van der Waals surface area contributed by atoms with E-state index in [2.05, 4.69) is 63.0 Å². The van der Waals surface area contributed by atoms with Crippen LogP contribution in [0.25, 0.3) is 0 Å². The van der Waals surface area contributed by atoms with Gasteiger partial charge in [0.2, 0.25) is 0 Å². The lowest BCUT2D eigenvalue weighted by atomic mass is 10.2. The van der Waals surface area contributed by atoms with E-state index < -0.39 is 0 Å². The standard InChI is InChI=1S/C12H14IN3/c1-8-5-10(13)3-4-12(8)15-7-11-6-14-9(2)16-11/h3-6,15H,7H2,1-2H3,(H,14,16). The highest BCUT2D eigenvalue weighted by Gasteiger charge is 2.00. The fourth-order valence-corrected chi connectivity index (χ4v) is 2.22. The predicted octanol–water partition coefficient (Wildman–Crippen LogP) is 3.24. The van der Waals surface area contributed by atoms with Crippen LogP contribution < -0.4 is 5.32 Å². The summed E-state index contributed by atoms with van der Waals surface area (Å²) in [6.45, 7) is 4.85. The Morgan fingerprint density at radius 3 is 2.81 bits per heavy atom. The number of rotatable bonds is 3. The maximum absolute atomic E-state index is 4.17. The Balaban J connectivity index is 2.04. The van der Waals surface area contributed by atoms with Gasteiger partial charge in [-0.1, -0.05) is 0 Å². The molecule has 2 N–H and O–H groups in total. The van der Waals surface area contributed by atoms with E-state index in [1.807, 2.05) is 13.1 Å². The molecular weight excluding hydrogens is 313 g/mol. The van der Waals surface area contributed by atoms with Gasteiger partial charge in [-0.15, -0.1) is 0 Å². The highest BCUT2D eigenvalue weighted by atomic mass is 127. The molecule has 0 aliphatic rings. The molecule has 84 valence electrons. The van der Waals surface area contributed by atoms with Crippen LogP contribution in [-0.2, 0) is 6.54 Å². The van der Waals surface area contributed by atoms with Crippen molar-refractivity contribution in [1.82, 2.24) is 9.97 Å². The van der Waals surface area contributed by atoms with E-state index in [4.69, 9.17) is 0 Å². The Morgan fingerprint density at radius 2 is 2.19 bits per heavy atom. The molecule has 3 nitrogen and oxygen atoms in total. The lowest BCUT2D eigenvalue weighted by Gasteiger charge is -2.08. The third-order valence-electron chi connectivity index (χ3n) is 2.41. The molecule has 0 unspecified atom stereocenters. The molecule has 0 saturated carbocycles. The average Bonchev–Trinajstić information content (AvgIpc) is 2.63. The van der Waals surface area contributed by atoms with Crippen LogP contribution in [0.5, 0.6) is 0 Å². The van der Waals surface area contributed by atoms with Crippen molar-refractivity contribution in [2.24, 2.45) is 0 Å². The molecule has 0 aliphatic heterocycles. The minimum Gasteiger partial charge on any atom is -0.379 e. The number of aromatic nitrogens is 2. The van der Waals surface area contributed by atoms with Crippen molar-refractivity contribution in [1.29, 1.82) is 0 Å².